The van der Waals surface area contributed by atoms with Crippen LogP contribution in [-0.2, 0) is 0 Å². The molecule has 2 rings (SSSR count). The molecule has 1 aliphatic rings. The van der Waals surface area contributed by atoms with E-state index in [1.54, 1.807) is 0 Å². The van der Waals surface area contributed by atoms with Gasteiger partial charge in [0.1, 0.15) is 0 Å². The predicted octanol–water partition coefficient (Wildman–Crippen LogP) is 0.438. The zero-order valence-corrected chi connectivity index (χ0v) is 13.8. The Morgan fingerprint density at radius 3 is 2.12 bits per heavy atom. The standard InChI is InChI=1S/C14H19O.BrH.Mg/c1-11-8-12(2)10-14(9-11)15-13-6-4-3-5-7-13;;/h9-10,13H,3-7H2,1-2H3;1H;/q-1;;+2/p-1. The summed E-state index contributed by atoms with van der Waals surface area (Å²) in [5.41, 5.74) is 2.33. The van der Waals surface area contributed by atoms with Gasteiger partial charge in [0, 0.05) is 5.75 Å². The molecule has 17 heavy (non-hydrogen) atoms. The van der Waals surface area contributed by atoms with Crippen molar-refractivity contribution in [2.75, 3.05) is 0 Å². The summed E-state index contributed by atoms with van der Waals surface area (Å²) in [4.78, 5) is 0. The van der Waals surface area contributed by atoms with Crippen LogP contribution in [0.4, 0.5) is 0 Å². The first-order chi connectivity index (χ1) is 7.24. The molecular formula is C14H19BrMgO. The Morgan fingerprint density at radius 2 is 1.59 bits per heavy atom. The minimum atomic E-state index is 0. The Morgan fingerprint density at radius 1 is 1.06 bits per heavy atom. The molecule has 0 radical (unpaired) electrons. The van der Waals surface area contributed by atoms with E-state index in [2.05, 4.69) is 32.0 Å². The SMILES string of the molecule is Cc1[c-]c(C)cc(OC2CCCCC2)c1.[Br-].[Mg+2]. The van der Waals surface area contributed by atoms with Crippen molar-refractivity contribution in [1.82, 2.24) is 0 Å². The van der Waals surface area contributed by atoms with Gasteiger partial charge in [-0.15, -0.1) is 12.1 Å². The molecule has 1 nitrogen and oxygen atoms in total. The fraction of sp³-hybridized carbons (Fsp3) is 0.571. The number of benzene rings is 1. The molecule has 1 saturated carbocycles. The number of rotatable bonds is 2. The van der Waals surface area contributed by atoms with Crippen LogP contribution in [0.1, 0.15) is 43.2 Å². The molecule has 0 atom stereocenters. The van der Waals surface area contributed by atoms with E-state index in [1.165, 1.54) is 43.2 Å². The first-order valence-corrected chi connectivity index (χ1v) is 5.91. The van der Waals surface area contributed by atoms with Gasteiger partial charge in [-0.05, 0) is 25.7 Å². The predicted molar refractivity (Wildman–Crippen MR) is 68.0 cm³/mol. The summed E-state index contributed by atoms with van der Waals surface area (Å²) < 4.78 is 6.00. The second-order valence-electron chi connectivity index (χ2n) is 4.56. The zero-order valence-electron chi connectivity index (χ0n) is 10.8. The third-order valence-electron chi connectivity index (χ3n) is 2.97. The van der Waals surface area contributed by atoms with Crippen LogP contribution in [0, 0.1) is 19.9 Å². The van der Waals surface area contributed by atoms with E-state index in [0.29, 0.717) is 6.10 Å². The van der Waals surface area contributed by atoms with Gasteiger partial charge in [-0.1, -0.05) is 20.3 Å². The number of halogens is 1. The maximum Gasteiger partial charge on any atom is 2.00 e. The number of hydrogen-bond acceptors (Lipinski definition) is 1. The molecule has 3 heteroatoms. The Kier molecular flexibility index (Phi) is 8.51. The fourth-order valence-corrected chi connectivity index (χ4v) is 2.30. The minimum Gasteiger partial charge on any atom is -1.00 e. The van der Waals surface area contributed by atoms with Crippen LogP contribution in [0.15, 0.2) is 12.1 Å². The van der Waals surface area contributed by atoms with Crippen molar-refractivity contribution in [3.63, 3.8) is 0 Å². The maximum atomic E-state index is 6.00. The second kappa shape index (κ2) is 8.38. The smallest absolute Gasteiger partial charge is 1.00 e. The van der Waals surface area contributed by atoms with Crippen molar-refractivity contribution in [1.29, 1.82) is 0 Å². The zero-order chi connectivity index (χ0) is 10.7. The Labute approximate surface area is 131 Å². The maximum absolute atomic E-state index is 6.00. The summed E-state index contributed by atoms with van der Waals surface area (Å²) in [6, 6.07) is 7.44. The second-order valence-corrected chi connectivity index (χ2v) is 4.56. The molecule has 0 bridgehead atoms. The summed E-state index contributed by atoms with van der Waals surface area (Å²) in [5.74, 6) is 1.02. The Balaban J connectivity index is 0.00000128. The normalized spacial score (nSPS) is 15.6. The van der Waals surface area contributed by atoms with Crippen LogP contribution >= 0.6 is 0 Å². The van der Waals surface area contributed by atoms with Gasteiger partial charge in [0.05, 0.1) is 6.10 Å². The Bertz CT molecular complexity index is 315. The molecule has 1 aromatic carbocycles. The topological polar surface area (TPSA) is 9.23 Å². The average molecular weight is 308 g/mol. The third kappa shape index (κ3) is 5.62. The number of ether oxygens (including phenoxy) is 1. The molecule has 0 N–H and O–H groups in total. The van der Waals surface area contributed by atoms with E-state index >= 15 is 0 Å². The summed E-state index contributed by atoms with van der Waals surface area (Å²) in [6.07, 6.45) is 6.90. The van der Waals surface area contributed by atoms with Crippen molar-refractivity contribution in [3.05, 3.63) is 29.3 Å². The van der Waals surface area contributed by atoms with Gasteiger partial charge < -0.3 is 21.7 Å². The monoisotopic (exact) mass is 306 g/mol. The summed E-state index contributed by atoms with van der Waals surface area (Å²) >= 11 is 0. The van der Waals surface area contributed by atoms with E-state index in [4.69, 9.17) is 4.74 Å². The number of hydrogen-bond donors (Lipinski definition) is 0. The van der Waals surface area contributed by atoms with E-state index in [0.717, 1.165) is 5.75 Å². The van der Waals surface area contributed by atoms with Crippen LogP contribution in [-0.4, -0.2) is 29.2 Å². The van der Waals surface area contributed by atoms with Crippen molar-refractivity contribution < 1.29 is 21.7 Å². The molecule has 1 aliphatic carbocycles. The third-order valence-corrected chi connectivity index (χ3v) is 2.97. The van der Waals surface area contributed by atoms with Gasteiger partial charge in [0.25, 0.3) is 0 Å². The van der Waals surface area contributed by atoms with Crippen LogP contribution in [0.2, 0.25) is 0 Å². The van der Waals surface area contributed by atoms with Gasteiger partial charge in [-0.2, -0.15) is 17.2 Å². The van der Waals surface area contributed by atoms with E-state index < -0.39 is 0 Å². The molecule has 0 saturated heterocycles. The van der Waals surface area contributed by atoms with Crippen LogP contribution < -0.4 is 21.7 Å². The Hall–Kier alpha value is 0.266. The molecule has 0 unspecified atom stereocenters. The van der Waals surface area contributed by atoms with Crippen molar-refractivity contribution in [2.45, 2.75) is 52.1 Å². The molecule has 0 aromatic heterocycles. The summed E-state index contributed by atoms with van der Waals surface area (Å²) in [6.45, 7) is 4.14. The van der Waals surface area contributed by atoms with Gasteiger partial charge in [0.2, 0.25) is 0 Å². The first kappa shape index (κ1) is 17.3. The average Bonchev–Trinajstić information content (AvgIpc) is 2.17. The van der Waals surface area contributed by atoms with Gasteiger partial charge >= 0.3 is 23.1 Å². The van der Waals surface area contributed by atoms with Gasteiger partial charge in [-0.25, -0.2) is 0 Å². The van der Waals surface area contributed by atoms with Crippen molar-refractivity contribution in [2.24, 2.45) is 0 Å². The quantitative estimate of drug-likeness (QED) is 0.569. The largest absolute Gasteiger partial charge is 2.00 e. The van der Waals surface area contributed by atoms with Crippen molar-refractivity contribution >= 4 is 23.1 Å². The van der Waals surface area contributed by atoms with Crippen LogP contribution in [0.3, 0.4) is 0 Å². The van der Waals surface area contributed by atoms with Crippen molar-refractivity contribution in [3.8, 4) is 5.75 Å². The molecule has 90 valence electrons. The van der Waals surface area contributed by atoms with Gasteiger partial charge in [0.15, 0.2) is 0 Å². The molecule has 0 heterocycles. The van der Waals surface area contributed by atoms with Crippen LogP contribution in [0.5, 0.6) is 5.75 Å². The fourth-order valence-electron chi connectivity index (χ4n) is 2.30. The molecular weight excluding hydrogens is 288 g/mol. The molecule has 1 fully saturated rings. The first-order valence-electron chi connectivity index (χ1n) is 5.91. The molecule has 0 aliphatic heterocycles. The number of aryl methyl sites for hydroxylation is 2. The van der Waals surface area contributed by atoms with Crippen LogP contribution in [0.25, 0.3) is 0 Å². The minimum absolute atomic E-state index is 0. The van der Waals surface area contributed by atoms with E-state index in [9.17, 15) is 0 Å². The summed E-state index contributed by atoms with van der Waals surface area (Å²) in [7, 11) is 0. The molecule has 0 spiro atoms. The summed E-state index contributed by atoms with van der Waals surface area (Å²) in [5, 5.41) is 0. The van der Waals surface area contributed by atoms with E-state index in [-0.39, 0.29) is 40.0 Å². The van der Waals surface area contributed by atoms with Gasteiger partial charge in [-0.3, -0.25) is 0 Å². The van der Waals surface area contributed by atoms with E-state index in [1.807, 2.05) is 0 Å². The molecule has 0 amide bonds. The molecule has 1 aromatic rings.